The molecule has 0 saturated heterocycles. The third-order valence-electron chi connectivity index (χ3n) is 3.27. The highest BCUT2D eigenvalue weighted by Crippen LogP contribution is 2.21. The minimum Gasteiger partial charge on any atom is -0.395 e. The number of nitrogens with two attached hydrogens (primary N) is 1. The van der Waals surface area contributed by atoms with E-state index in [2.05, 4.69) is 15.6 Å². The van der Waals surface area contributed by atoms with Crippen molar-refractivity contribution in [2.24, 2.45) is 12.8 Å². The molecule has 0 aliphatic rings. The van der Waals surface area contributed by atoms with Crippen LogP contribution in [0.15, 0.2) is 18.2 Å². The average molecular weight is 248 g/mol. The van der Waals surface area contributed by atoms with E-state index in [1.165, 1.54) is 0 Å². The van der Waals surface area contributed by atoms with Crippen LogP contribution in [0, 0.1) is 6.92 Å². The fourth-order valence-electron chi connectivity index (χ4n) is 2.06. The number of fused-ring (bicyclic) bond motifs is 1. The number of likely N-dealkylation sites (N-methyl/N-ethyl adjacent to an activating group) is 1. The van der Waals surface area contributed by atoms with Crippen LogP contribution in [-0.4, -0.2) is 40.9 Å². The maximum atomic E-state index is 8.97. The van der Waals surface area contributed by atoms with E-state index in [1.54, 1.807) is 0 Å². The van der Waals surface area contributed by atoms with Gasteiger partial charge in [0, 0.05) is 32.4 Å². The molecule has 0 radical (unpaired) electrons. The van der Waals surface area contributed by atoms with Crippen LogP contribution in [0.3, 0.4) is 0 Å². The van der Waals surface area contributed by atoms with Gasteiger partial charge in [-0.25, -0.2) is 4.98 Å². The van der Waals surface area contributed by atoms with E-state index in [1.807, 2.05) is 38.1 Å². The maximum Gasteiger partial charge on any atom is 0.106 e. The van der Waals surface area contributed by atoms with E-state index in [4.69, 9.17) is 10.8 Å². The second-order valence-corrected chi connectivity index (χ2v) is 4.71. The molecule has 0 amide bonds. The number of aliphatic hydroxyl groups is 1. The van der Waals surface area contributed by atoms with Gasteiger partial charge in [-0.2, -0.15) is 0 Å². The number of anilines is 1. The van der Waals surface area contributed by atoms with Crippen molar-refractivity contribution in [1.29, 1.82) is 0 Å². The van der Waals surface area contributed by atoms with Crippen molar-refractivity contribution in [3.63, 3.8) is 0 Å². The van der Waals surface area contributed by atoms with E-state index in [0.717, 1.165) is 22.5 Å². The van der Waals surface area contributed by atoms with E-state index in [9.17, 15) is 0 Å². The summed E-state index contributed by atoms with van der Waals surface area (Å²) in [7, 11) is 3.97. The fourth-order valence-corrected chi connectivity index (χ4v) is 2.06. The minimum absolute atomic E-state index is 0.00468. The van der Waals surface area contributed by atoms with E-state index >= 15 is 0 Å². The summed E-state index contributed by atoms with van der Waals surface area (Å²) in [5.41, 5.74) is 8.91. The Hall–Kier alpha value is -1.59. The second kappa shape index (κ2) is 4.96. The third-order valence-corrected chi connectivity index (χ3v) is 3.27. The molecule has 2 aromatic rings. The quantitative estimate of drug-likeness (QED) is 0.833. The first-order valence-electron chi connectivity index (χ1n) is 6.03. The minimum atomic E-state index is -0.226. The predicted molar refractivity (Wildman–Crippen MR) is 73.8 cm³/mol. The van der Waals surface area contributed by atoms with Gasteiger partial charge in [0.2, 0.25) is 0 Å². The summed E-state index contributed by atoms with van der Waals surface area (Å²) < 4.78 is 2.07. The lowest BCUT2D eigenvalue weighted by molar-refractivity contribution is 0.267. The highest BCUT2D eigenvalue weighted by Gasteiger charge is 2.09. The Labute approximate surface area is 107 Å². The molecule has 1 aromatic carbocycles. The van der Waals surface area contributed by atoms with Gasteiger partial charge in [-0.05, 0) is 25.1 Å². The summed E-state index contributed by atoms with van der Waals surface area (Å²) in [6.07, 6.45) is 0. The molecule has 1 unspecified atom stereocenters. The summed E-state index contributed by atoms with van der Waals surface area (Å²) in [6, 6.07) is 5.93. The Morgan fingerprint density at radius 3 is 2.89 bits per heavy atom. The van der Waals surface area contributed by atoms with Gasteiger partial charge in [-0.1, -0.05) is 0 Å². The SMILES string of the molecule is Cc1nc2cc(N(C)CC(N)CO)ccc2n1C. The van der Waals surface area contributed by atoms with E-state index in [0.29, 0.717) is 6.54 Å². The van der Waals surface area contributed by atoms with Crippen LogP contribution in [0.2, 0.25) is 0 Å². The number of aliphatic hydroxyl groups excluding tert-OH is 1. The molecule has 5 heteroatoms. The zero-order valence-electron chi connectivity index (χ0n) is 11.1. The number of benzene rings is 1. The highest BCUT2D eigenvalue weighted by atomic mass is 16.3. The van der Waals surface area contributed by atoms with Crippen molar-refractivity contribution in [3.8, 4) is 0 Å². The summed E-state index contributed by atoms with van der Waals surface area (Å²) >= 11 is 0. The van der Waals surface area contributed by atoms with Gasteiger partial charge in [-0.3, -0.25) is 0 Å². The number of hydrogen-bond acceptors (Lipinski definition) is 4. The topological polar surface area (TPSA) is 67.3 Å². The van der Waals surface area contributed by atoms with Crippen LogP contribution in [0.5, 0.6) is 0 Å². The molecule has 0 spiro atoms. The van der Waals surface area contributed by atoms with Crippen molar-refractivity contribution in [1.82, 2.24) is 9.55 Å². The second-order valence-electron chi connectivity index (χ2n) is 4.71. The summed E-state index contributed by atoms with van der Waals surface area (Å²) in [5.74, 6) is 0.997. The molecular formula is C13H20N4O. The third kappa shape index (κ3) is 2.32. The zero-order chi connectivity index (χ0) is 13.3. The Balaban J connectivity index is 2.29. The Morgan fingerprint density at radius 1 is 1.50 bits per heavy atom. The van der Waals surface area contributed by atoms with Crippen molar-refractivity contribution in [2.75, 3.05) is 25.1 Å². The molecule has 18 heavy (non-hydrogen) atoms. The molecule has 5 nitrogen and oxygen atoms in total. The Morgan fingerprint density at radius 2 is 2.22 bits per heavy atom. The van der Waals surface area contributed by atoms with Crippen molar-refractivity contribution >= 4 is 16.7 Å². The van der Waals surface area contributed by atoms with Gasteiger partial charge < -0.3 is 20.3 Å². The van der Waals surface area contributed by atoms with Gasteiger partial charge in [0.15, 0.2) is 0 Å². The Bertz CT molecular complexity index is 549. The first kappa shape index (κ1) is 12.9. The highest BCUT2D eigenvalue weighted by molar-refractivity contribution is 5.80. The summed E-state index contributed by atoms with van der Waals surface area (Å²) in [5, 5.41) is 8.97. The maximum absolute atomic E-state index is 8.97. The van der Waals surface area contributed by atoms with Gasteiger partial charge >= 0.3 is 0 Å². The molecular weight excluding hydrogens is 228 g/mol. The van der Waals surface area contributed by atoms with Gasteiger partial charge in [-0.15, -0.1) is 0 Å². The summed E-state index contributed by atoms with van der Waals surface area (Å²) in [4.78, 5) is 6.54. The van der Waals surface area contributed by atoms with Gasteiger partial charge in [0.05, 0.1) is 17.6 Å². The molecule has 2 rings (SSSR count). The largest absolute Gasteiger partial charge is 0.395 e. The van der Waals surface area contributed by atoms with Crippen LogP contribution < -0.4 is 10.6 Å². The van der Waals surface area contributed by atoms with Crippen LogP contribution in [0.1, 0.15) is 5.82 Å². The molecule has 1 atom stereocenters. The molecule has 0 saturated carbocycles. The van der Waals surface area contributed by atoms with Crippen molar-refractivity contribution < 1.29 is 5.11 Å². The number of aromatic nitrogens is 2. The standard InChI is InChI=1S/C13H20N4O/c1-9-15-12-6-11(4-5-13(12)17(9)3)16(2)7-10(14)8-18/h4-6,10,18H,7-8,14H2,1-3H3. The van der Waals surface area contributed by atoms with Gasteiger partial charge in [0.1, 0.15) is 5.82 Å². The van der Waals surface area contributed by atoms with Crippen LogP contribution in [0.25, 0.3) is 11.0 Å². The first-order valence-corrected chi connectivity index (χ1v) is 6.03. The lowest BCUT2D eigenvalue weighted by Crippen LogP contribution is -2.37. The lowest BCUT2D eigenvalue weighted by atomic mass is 10.2. The normalized spacial score (nSPS) is 12.9. The molecule has 1 heterocycles. The molecule has 0 bridgehead atoms. The molecule has 0 fully saturated rings. The molecule has 98 valence electrons. The van der Waals surface area contributed by atoms with Crippen molar-refractivity contribution in [3.05, 3.63) is 24.0 Å². The molecule has 3 N–H and O–H groups in total. The molecule has 0 aliphatic heterocycles. The average Bonchev–Trinajstić information content (AvgIpc) is 2.64. The van der Waals surface area contributed by atoms with Crippen LogP contribution in [-0.2, 0) is 7.05 Å². The van der Waals surface area contributed by atoms with E-state index in [-0.39, 0.29) is 12.6 Å². The van der Waals surface area contributed by atoms with Crippen LogP contribution in [0.4, 0.5) is 5.69 Å². The number of aryl methyl sites for hydroxylation is 2. The van der Waals surface area contributed by atoms with Gasteiger partial charge in [0.25, 0.3) is 0 Å². The van der Waals surface area contributed by atoms with Crippen LogP contribution >= 0.6 is 0 Å². The molecule has 1 aromatic heterocycles. The number of nitrogens with zero attached hydrogens (tertiary/aromatic N) is 3. The Kier molecular flexibility index (Phi) is 3.54. The van der Waals surface area contributed by atoms with Crippen molar-refractivity contribution in [2.45, 2.75) is 13.0 Å². The summed E-state index contributed by atoms with van der Waals surface area (Å²) in [6.45, 7) is 2.61. The zero-order valence-corrected chi connectivity index (χ0v) is 11.1. The number of hydrogen-bond donors (Lipinski definition) is 2. The first-order chi connectivity index (χ1) is 8.52. The number of rotatable bonds is 4. The van der Waals surface area contributed by atoms with E-state index < -0.39 is 0 Å². The molecule has 0 aliphatic carbocycles. The fraction of sp³-hybridized carbons (Fsp3) is 0.462. The predicted octanol–water partition coefficient (Wildman–Crippen LogP) is 0.638. The monoisotopic (exact) mass is 248 g/mol. The number of imidazole rings is 1. The lowest BCUT2D eigenvalue weighted by Gasteiger charge is -2.22. The smallest absolute Gasteiger partial charge is 0.106 e.